The van der Waals surface area contributed by atoms with Crippen LogP contribution >= 0.6 is 0 Å². The second kappa shape index (κ2) is 5.16. The molecule has 1 unspecified atom stereocenters. The van der Waals surface area contributed by atoms with Gasteiger partial charge in [-0.3, -0.25) is 0 Å². The molecule has 2 aromatic rings. The largest absolute Gasteiger partial charge is 0.497 e. The lowest BCUT2D eigenvalue weighted by atomic mass is 10.1. The van der Waals surface area contributed by atoms with Crippen LogP contribution in [0.3, 0.4) is 0 Å². The predicted octanol–water partition coefficient (Wildman–Crippen LogP) is 4.24. The molecule has 0 spiro atoms. The Balaban J connectivity index is 1.89. The quantitative estimate of drug-likeness (QED) is 0.901. The van der Waals surface area contributed by atoms with Gasteiger partial charge >= 0.3 is 0 Å². The van der Waals surface area contributed by atoms with E-state index in [1.54, 1.807) is 13.2 Å². The van der Waals surface area contributed by atoms with Gasteiger partial charge in [-0.25, -0.2) is 4.39 Å². The van der Waals surface area contributed by atoms with Gasteiger partial charge in [0.05, 0.1) is 18.8 Å². The van der Waals surface area contributed by atoms with Crippen molar-refractivity contribution in [2.75, 3.05) is 12.4 Å². The van der Waals surface area contributed by atoms with Crippen LogP contribution in [0.2, 0.25) is 0 Å². The van der Waals surface area contributed by atoms with Crippen molar-refractivity contribution in [3.8, 4) is 5.75 Å². The molecule has 0 heterocycles. The second-order valence-electron chi connectivity index (χ2n) is 5.28. The zero-order valence-electron chi connectivity index (χ0n) is 11.7. The molecule has 0 radical (unpaired) electrons. The molecule has 0 bridgehead atoms. The summed E-state index contributed by atoms with van der Waals surface area (Å²) in [7, 11) is 1.67. The van der Waals surface area contributed by atoms with Gasteiger partial charge < -0.3 is 10.1 Å². The van der Waals surface area contributed by atoms with Crippen LogP contribution in [0, 0.1) is 12.7 Å². The Bertz CT molecular complexity index is 639. The molecule has 0 amide bonds. The van der Waals surface area contributed by atoms with E-state index in [-0.39, 0.29) is 11.9 Å². The van der Waals surface area contributed by atoms with Crippen molar-refractivity contribution >= 4 is 5.69 Å². The van der Waals surface area contributed by atoms with Crippen molar-refractivity contribution < 1.29 is 9.13 Å². The van der Waals surface area contributed by atoms with E-state index < -0.39 is 0 Å². The first-order valence-corrected chi connectivity index (χ1v) is 6.87. The minimum absolute atomic E-state index is 0.149. The summed E-state index contributed by atoms with van der Waals surface area (Å²) in [6.45, 7) is 1.97. The summed E-state index contributed by atoms with van der Waals surface area (Å²) >= 11 is 0. The van der Waals surface area contributed by atoms with Crippen LogP contribution in [0.4, 0.5) is 10.1 Å². The Morgan fingerprint density at radius 3 is 2.85 bits per heavy atom. The molecule has 0 saturated heterocycles. The topological polar surface area (TPSA) is 21.3 Å². The number of halogens is 1. The first kappa shape index (κ1) is 13.0. The monoisotopic (exact) mass is 271 g/mol. The number of benzene rings is 2. The van der Waals surface area contributed by atoms with E-state index in [0.717, 1.165) is 24.2 Å². The molecular weight excluding hydrogens is 253 g/mol. The maximum absolute atomic E-state index is 13.9. The number of aryl methyl sites for hydroxylation is 2. The van der Waals surface area contributed by atoms with Gasteiger partial charge in [0, 0.05) is 0 Å². The van der Waals surface area contributed by atoms with Crippen LogP contribution in [0.1, 0.15) is 29.2 Å². The van der Waals surface area contributed by atoms with Gasteiger partial charge in [-0.1, -0.05) is 12.1 Å². The molecule has 2 nitrogen and oxygen atoms in total. The summed E-state index contributed by atoms with van der Waals surface area (Å²) in [5, 5.41) is 3.33. The van der Waals surface area contributed by atoms with Crippen LogP contribution in [0.25, 0.3) is 0 Å². The van der Waals surface area contributed by atoms with Crippen LogP contribution in [-0.4, -0.2) is 7.11 Å². The molecule has 1 aliphatic carbocycles. The standard InChI is InChI=1S/C17H18FNO/c1-11-3-7-15(18)17(9-11)19-16-8-5-12-4-6-13(20-2)10-14(12)16/h3-4,6-7,9-10,16,19H,5,8H2,1-2H3. The molecule has 3 rings (SSSR count). The van der Waals surface area contributed by atoms with Gasteiger partial charge in [0.1, 0.15) is 11.6 Å². The minimum Gasteiger partial charge on any atom is -0.497 e. The van der Waals surface area contributed by atoms with Gasteiger partial charge in [-0.2, -0.15) is 0 Å². The fourth-order valence-corrected chi connectivity index (χ4v) is 2.79. The highest BCUT2D eigenvalue weighted by Gasteiger charge is 2.23. The minimum atomic E-state index is -0.202. The van der Waals surface area contributed by atoms with Crippen molar-refractivity contribution in [2.24, 2.45) is 0 Å². The highest BCUT2D eigenvalue weighted by Crippen LogP contribution is 2.36. The maximum Gasteiger partial charge on any atom is 0.146 e. The molecule has 0 aliphatic heterocycles. The first-order chi connectivity index (χ1) is 9.67. The number of hydrogen-bond acceptors (Lipinski definition) is 2. The Labute approximate surface area is 118 Å². The number of fused-ring (bicyclic) bond motifs is 1. The summed E-state index contributed by atoms with van der Waals surface area (Å²) < 4.78 is 19.1. The molecule has 1 N–H and O–H groups in total. The smallest absolute Gasteiger partial charge is 0.146 e. The van der Waals surface area contributed by atoms with Gasteiger partial charge in [0.15, 0.2) is 0 Å². The third kappa shape index (κ3) is 2.36. The number of ether oxygens (including phenoxy) is 1. The molecule has 3 heteroatoms. The summed E-state index contributed by atoms with van der Waals surface area (Å²) in [5.74, 6) is 0.647. The van der Waals surface area contributed by atoms with Crippen molar-refractivity contribution in [1.82, 2.24) is 0 Å². The zero-order valence-corrected chi connectivity index (χ0v) is 11.7. The molecule has 2 aromatic carbocycles. The van der Waals surface area contributed by atoms with E-state index >= 15 is 0 Å². The lowest BCUT2D eigenvalue weighted by molar-refractivity contribution is 0.414. The summed E-state index contributed by atoms with van der Waals surface area (Å²) in [6, 6.07) is 11.4. The predicted molar refractivity (Wildman–Crippen MR) is 78.8 cm³/mol. The summed E-state index contributed by atoms with van der Waals surface area (Å²) in [6.07, 6.45) is 2.00. The van der Waals surface area contributed by atoms with Crippen molar-refractivity contribution in [1.29, 1.82) is 0 Å². The summed E-state index contributed by atoms with van der Waals surface area (Å²) in [5.41, 5.74) is 4.16. The highest BCUT2D eigenvalue weighted by atomic mass is 19.1. The fraction of sp³-hybridized carbons (Fsp3) is 0.294. The van der Waals surface area contributed by atoms with Gasteiger partial charge in [-0.05, 0) is 60.7 Å². The average molecular weight is 271 g/mol. The van der Waals surface area contributed by atoms with Crippen LogP contribution < -0.4 is 10.1 Å². The normalized spacial score (nSPS) is 16.9. The van der Waals surface area contributed by atoms with Gasteiger partial charge in [0.2, 0.25) is 0 Å². The van der Waals surface area contributed by atoms with E-state index in [2.05, 4.69) is 11.4 Å². The van der Waals surface area contributed by atoms with E-state index in [1.165, 1.54) is 17.2 Å². The highest BCUT2D eigenvalue weighted by molar-refractivity contribution is 5.52. The lowest BCUT2D eigenvalue weighted by Gasteiger charge is -2.17. The van der Waals surface area contributed by atoms with E-state index in [4.69, 9.17) is 4.74 Å². The number of anilines is 1. The molecule has 1 aliphatic rings. The molecule has 0 fully saturated rings. The number of hydrogen-bond donors (Lipinski definition) is 1. The second-order valence-corrected chi connectivity index (χ2v) is 5.28. The van der Waals surface area contributed by atoms with Gasteiger partial charge in [0.25, 0.3) is 0 Å². The Kier molecular flexibility index (Phi) is 3.35. The number of methoxy groups -OCH3 is 1. The average Bonchev–Trinajstić information content (AvgIpc) is 2.85. The molecule has 104 valence electrons. The molecule has 0 saturated carbocycles. The first-order valence-electron chi connectivity index (χ1n) is 6.87. The molecule has 20 heavy (non-hydrogen) atoms. The van der Waals surface area contributed by atoms with Crippen LogP contribution in [0.5, 0.6) is 5.75 Å². The Morgan fingerprint density at radius 2 is 2.05 bits per heavy atom. The van der Waals surface area contributed by atoms with Crippen LogP contribution in [-0.2, 0) is 6.42 Å². The molecular formula is C17H18FNO. The Morgan fingerprint density at radius 1 is 1.20 bits per heavy atom. The lowest BCUT2D eigenvalue weighted by Crippen LogP contribution is -2.08. The van der Waals surface area contributed by atoms with E-state index in [9.17, 15) is 4.39 Å². The Hall–Kier alpha value is -2.03. The maximum atomic E-state index is 13.9. The number of nitrogens with one attached hydrogen (secondary N) is 1. The van der Waals surface area contributed by atoms with Crippen molar-refractivity contribution in [2.45, 2.75) is 25.8 Å². The summed E-state index contributed by atoms with van der Waals surface area (Å²) in [4.78, 5) is 0. The van der Waals surface area contributed by atoms with Gasteiger partial charge in [-0.15, -0.1) is 0 Å². The SMILES string of the molecule is COc1ccc2c(c1)C(Nc1cc(C)ccc1F)CC2. The third-order valence-corrected chi connectivity index (χ3v) is 3.88. The third-order valence-electron chi connectivity index (χ3n) is 3.88. The fourth-order valence-electron chi connectivity index (χ4n) is 2.79. The number of rotatable bonds is 3. The van der Waals surface area contributed by atoms with Crippen molar-refractivity contribution in [3.05, 3.63) is 58.9 Å². The molecule has 0 aromatic heterocycles. The van der Waals surface area contributed by atoms with Crippen molar-refractivity contribution in [3.63, 3.8) is 0 Å². The zero-order chi connectivity index (χ0) is 14.1. The van der Waals surface area contributed by atoms with E-state index in [1.807, 2.05) is 25.1 Å². The van der Waals surface area contributed by atoms with E-state index in [0.29, 0.717) is 5.69 Å². The molecule has 1 atom stereocenters. The van der Waals surface area contributed by atoms with Crippen LogP contribution in [0.15, 0.2) is 36.4 Å².